The Balaban J connectivity index is 0.000000337. The van der Waals surface area contributed by atoms with Crippen molar-refractivity contribution in [1.82, 2.24) is 25.1 Å². The molecule has 0 saturated carbocycles. The van der Waals surface area contributed by atoms with E-state index in [1.165, 1.54) is 15.6 Å². The lowest BCUT2D eigenvalue weighted by atomic mass is 10.1. The van der Waals surface area contributed by atoms with Crippen molar-refractivity contribution < 1.29 is 19.5 Å². The topological polar surface area (TPSA) is 120 Å². The number of phenols is 1. The number of hydrogen-bond acceptors (Lipinski definition) is 6. The van der Waals surface area contributed by atoms with E-state index >= 15 is 0 Å². The molecule has 1 fully saturated rings. The van der Waals surface area contributed by atoms with Crippen molar-refractivity contribution in [3.63, 3.8) is 0 Å². The number of rotatable bonds is 9. The maximum Gasteiger partial charge on any atom is 0.333 e. The summed E-state index contributed by atoms with van der Waals surface area (Å²) in [5.41, 5.74) is 4.35. The molecule has 1 unspecified atom stereocenters. The Morgan fingerprint density at radius 2 is 1.69 bits per heavy atom. The van der Waals surface area contributed by atoms with Gasteiger partial charge in [-0.25, -0.2) is 9.80 Å². The van der Waals surface area contributed by atoms with Gasteiger partial charge in [-0.1, -0.05) is 72.3 Å². The van der Waals surface area contributed by atoms with Crippen LogP contribution in [-0.4, -0.2) is 76.1 Å². The van der Waals surface area contributed by atoms with Crippen LogP contribution in [-0.2, 0) is 29.1 Å². The molecule has 10 nitrogen and oxygen atoms in total. The average molecular weight is 571 g/mol. The van der Waals surface area contributed by atoms with Gasteiger partial charge in [0, 0.05) is 26.2 Å². The zero-order valence-corrected chi connectivity index (χ0v) is 24.3. The molecular weight excluding hydrogens is 532 g/mol. The summed E-state index contributed by atoms with van der Waals surface area (Å²) in [6.07, 6.45) is 1.42. The molecule has 1 aliphatic rings. The number of aryl methyl sites for hydroxylation is 1. The van der Waals surface area contributed by atoms with E-state index < -0.39 is 0 Å². The van der Waals surface area contributed by atoms with Crippen molar-refractivity contribution in [3.05, 3.63) is 101 Å². The van der Waals surface area contributed by atoms with Gasteiger partial charge in [-0.15, -0.1) is 0 Å². The van der Waals surface area contributed by atoms with Gasteiger partial charge in [0.15, 0.2) is 0 Å². The van der Waals surface area contributed by atoms with E-state index in [1.807, 2.05) is 86.6 Å². The first-order valence-electron chi connectivity index (χ1n) is 13.7. The van der Waals surface area contributed by atoms with Crippen molar-refractivity contribution in [2.24, 2.45) is 0 Å². The smallest absolute Gasteiger partial charge is 0.333 e. The van der Waals surface area contributed by atoms with E-state index in [2.05, 4.69) is 5.32 Å². The summed E-state index contributed by atoms with van der Waals surface area (Å²) in [7, 11) is 1.77. The summed E-state index contributed by atoms with van der Waals surface area (Å²) in [6.45, 7) is 4.99. The molecule has 0 aliphatic carbocycles. The first-order chi connectivity index (χ1) is 20.2. The summed E-state index contributed by atoms with van der Waals surface area (Å²) in [4.78, 5) is 39.1. The molecule has 42 heavy (non-hydrogen) atoms. The number of carbonyl (C=O) groups is 3. The van der Waals surface area contributed by atoms with Gasteiger partial charge in [-0.3, -0.25) is 9.59 Å². The van der Waals surface area contributed by atoms with Crippen LogP contribution < -0.4 is 5.32 Å². The van der Waals surface area contributed by atoms with E-state index in [4.69, 9.17) is 5.26 Å². The summed E-state index contributed by atoms with van der Waals surface area (Å²) in [6, 6.07) is 26.1. The van der Waals surface area contributed by atoms with Crippen LogP contribution in [0, 0.1) is 18.3 Å². The lowest BCUT2D eigenvalue weighted by molar-refractivity contribution is -0.154. The fourth-order valence-corrected chi connectivity index (χ4v) is 4.41. The molecule has 1 aliphatic heterocycles. The molecule has 1 saturated heterocycles. The highest BCUT2D eigenvalue weighted by Crippen LogP contribution is 2.18. The second-order valence-corrected chi connectivity index (χ2v) is 10.3. The third-order valence-electron chi connectivity index (χ3n) is 6.77. The molecular formula is C32H38N6O4. The van der Waals surface area contributed by atoms with Crippen LogP contribution in [0.3, 0.4) is 0 Å². The third-order valence-corrected chi connectivity index (χ3v) is 6.77. The maximum absolute atomic E-state index is 12.8. The van der Waals surface area contributed by atoms with Crippen LogP contribution in [0.15, 0.2) is 78.9 Å². The van der Waals surface area contributed by atoms with Gasteiger partial charge in [0.2, 0.25) is 12.3 Å². The molecule has 10 heteroatoms. The van der Waals surface area contributed by atoms with E-state index in [-0.39, 0.29) is 43.5 Å². The first-order valence-corrected chi connectivity index (χ1v) is 13.7. The van der Waals surface area contributed by atoms with Crippen LogP contribution in [0.1, 0.15) is 29.2 Å². The van der Waals surface area contributed by atoms with Gasteiger partial charge in [0.25, 0.3) is 0 Å². The van der Waals surface area contributed by atoms with Gasteiger partial charge >= 0.3 is 6.03 Å². The van der Waals surface area contributed by atoms with Gasteiger partial charge in [-0.2, -0.15) is 10.3 Å². The molecule has 3 aromatic rings. The zero-order chi connectivity index (χ0) is 30.5. The highest BCUT2D eigenvalue weighted by Gasteiger charge is 2.35. The molecule has 4 rings (SSSR count). The van der Waals surface area contributed by atoms with Gasteiger partial charge < -0.3 is 20.2 Å². The minimum absolute atomic E-state index is 0.0355. The van der Waals surface area contributed by atoms with Gasteiger partial charge in [0.05, 0.1) is 12.6 Å². The van der Waals surface area contributed by atoms with Crippen molar-refractivity contribution in [2.45, 2.75) is 39.4 Å². The van der Waals surface area contributed by atoms with Crippen LogP contribution in [0.25, 0.3) is 0 Å². The van der Waals surface area contributed by atoms with Gasteiger partial charge in [0.1, 0.15) is 19.0 Å². The van der Waals surface area contributed by atoms with Crippen molar-refractivity contribution in [2.75, 3.05) is 26.8 Å². The van der Waals surface area contributed by atoms with Crippen molar-refractivity contribution >= 4 is 18.3 Å². The standard InChI is InChI=1S/C22H25N5O3.C10H13NO/c1-17(13-18-7-9-20(28)10-8-18)26-16-27(25(12-11-23)15-21(26)29)22(30)24-14-19-5-3-2-4-6-19;1-9-3-5-10(6-4-9)7-11(2)8-12/h2-10,17,28H,12-16H2,1H3,(H,24,30);3-6,8H,7H2,1-2H3. The van der Waals surface area contributed by atoms with Crippen LogP contribution in [0.2, 0.25) is 0 Å². The summed E-state index contributed by atoms with van der Waals surface area (Å²) in [5.74, 6) is 0.0532. The number of hydrogen-bond donors (Lipinski definition) is 2. The molecule has 220 valence electrons. The number of hydrazine groups is 1. The lowest BCUT2D eigenvalue weighted by Gasteiger charge is -2.44. The van der Waals surface area contributed by atoms with Crippen LogP contribution >= 0.6 is 0 Å². The molecule has 4 amide bonds. The van der Waals surface area contributed by atoms with E-state index in [9.17, 15) is 19.5 Å². The van der Waals surface area contributed by atoms with Crippen LogP contribution in [0.4, 0.5) is 4.79 Å². The Morgan fingerprint density at radius 3 is 2.31 bits per heavy atom. The Hall–Kier alpha value is -4.88. The molecule has 1 heterocycles. The molecule has 0 aromatic heterocycles. The summed E-state index contributed by atoms with van der Waals surface area (Å²) >= 11 is 0. The average Bonchev–Trinajstić information content (AvgIpc) is 2.99. The number of nitriles is 1. The number of carbonyl (C=O) groups excluding carboxylic acids is 3. The second kappa shape index (κ2) is 15.8. The normalized spacial score (nSPS) is 13.8. The van der Waals surface area contributed by atoms with E-state index in [0.29, 0.717) is 19.5 Å². The Morgan fingerprint density at radius 1 is 1.05 bits per heavy atom. The number of nitrogens with one attached hydrogen (secondary N) is 1. The summed E-state index contributed by atoms with van der Waals surface area (Å²) in [5, 5.41) is 24.3. The Bertz CT molecular complexity index is 1340. The number of aromatic hydroxyl groups is 1. The molecule has 2 N–H and O–H groups in total. The third kappa shape index (κ3) is 9.64. The minimum atomic E-state index is -0.358. The highest BCUT2D eigenvalue weighted by molar-refractivity contribution is 5.82. The Kier molecular flexibility index (Phi) is 11.9. The number of amides is 4. The van der Waals surface area contributed by atoms with Crippen LogP contribution in [0.5, 0.6) is 5.75 Å². The lowest BCUT2D eigenvalue weighted by Crippen LogP contribution is -2.64. The molecule has 3 aromatic carbocycles. The Labute approximate surface area is 247 Å². The monoisotopic (exact) mass is 570 g/mol. The first kappa shape index (κ1) is 31.6. The second-order valence-electron chi connectivity index (χ2n) is 10.3. The number of nitrogens with zero attached hydrogens (tertiary/aromatic N) is 5. The quantitative estimate of drug-likeness (QED) is 0.299. The maximum atomic E-state index is 12.8. The molecule has 0 radical (unpaired) electrons. The molecule has 1 atom stereocenters. The van der Waals surface area contributed by atoms with Gasteiger partial charge in [-0.05, 0) is 49.1 Å². The zero-order valence-electron chi connectivity index (χ0n) is 24.3. The van der Waals surface area contributed by atoms with Crippen molar-refractivity contribution in [1.29, 1.82) is 5.26 Å². The SMILES string of the molecule is CC(Cc1ccc(O)cc1)N1CN(C(=O)NCc2ccccc2)N(CC#N)CC1=O.Cc1ccc(CN(C)C=O)cc1. The molecule has 0 bridgehead atoms. The predicted octanol–water partition coefficient (Wildman–Crippen LogP) is 3.66. The fraction of sp³-hybridized carbons (Fsp3) is 0.312. The summed E-state index contributed by atoms with van der Waals surface area (Å²) < 4.78 is 0. The number of phenolic OH excluding ortho intramolecular Hbond substituents is 1. The number of urea groups is 1. The van der Waals surface area contributed by atoms with Crippen molar-refractivity contribution in [3.8, 4) is 11.8 Å². The molecule has 0 spiro atoms. The highest BCUT2D eigenvalue weighted by atomic mass is 16.3. The van der Waals surface area contributed by atoms with E-state index in [0.717, 1.165) is 23.1 Å². The minimum Gasteiger partial charge on any atom is -0.508 e. The fourth-order valence-electron chi connectivity index (χ4n) is 4.41. The number of benzene rings is 3. The largest absolute Gasteiger partial charge is 0.508 e. The predicted molar refractivity (Wildman–Crippen MR) is 159 cm³/mol. The van der Waals surface area contributed by atoms with E-state index in [1.54, 1.807) is 29.0 Å².